The van der Waals surface area contributed by atoms with Gasteiger partial charge in [0.2, 0.25) is 0 Å². The molecule has 1 aliphatic heterocycles. The molecular formula is C14H11Cl2N3O3. The van der Waals surface area contributed by atoms with Crippen LogP contribution in [0.5, 0.6) is 0 Å². The van der Waals surface area contributed by atoms with Gasteiger partial charge in [-0.25, -0.2) is 0 Å². The number of aromatic nitrogens is 1. The molecule has 0 spiro atoms. The molecule has 0 bridgehead atoms. The Morgan fingerprint density at radius 1 is 1.32 bits per heavy atom. The summed E-state index contributed by atoms with van der Waals surface area (Å²) in [5, 5.41) is 14.9. The van der Waals surface area contributed by atoms with Crippen LogP contribution < -0.4 is 10.9 Å². The van der Waals surface area contributed by atoms with Crippen molar-refractivity contribution >= 4 is 34.7 Å². The third kappa shape index (κ3) is 2.44. The van der Waals surface area contributed by atoms with Gasteiger partial charge >= 0.3 is 5.69 Å². The van der Waals surface area contributed by atoms with Gasteiger partial charge in [-0.15, -0.1) is 0 Å². The standard InChI is InChI=1S/C14H11Cl2N3O3/c15-10-2-1-3-11(16)9(10)6-8-7-12(19(21)22)13-17-4-5-18(13)14(8)20/h1-3,7,17H,4-6H2. The van der Waals surface area contributed by atoms with Crippen molar-refractivity contribution in [1.29, 1.82) is 0 Å². The van der Waals surface area contributed by atoms with E-state index in [2.05, 4.69) is 5.32 Å². The molecule has 8 heteroatoms. The van der Waals surface area contributed by atoms with Crippen LogP contribution in [0.4, 0.5) is 11.5 Å². The molecule has 1 aliphatic rings. The molecule has 0 unspecified atom stereocenters. The second kappa shape index (κ2) is 5.62. The molecule has 1 N–H and O–H groups in total. The zero-order valence-electron chi connectivity index (χ0n) is 11.3. The summed E-state index contributed by atoms with van der Waals surface area (Å²) in [5.74, 6) is 0.254. The minimum atomic E-state index is -0.499. The van der Waals surface area contributed by atoms with Crippen LogP contribution in [0.1, 0.15) is 11.1 Å². The number of pyridine rings is 1. The molecule has 0 saturated heterocycles. The van der Waals surface area contributed by atoms with Crippen molar-refractivity contribution in [3.8, 4) is 0 Å². The third-order valence-electron chi connectivity index (χ3n) is 3.60. The lowest BCUT2D eigenvalue weighted by Gasteiger charge is -2.09. The smallest absolute Gasteiger partial charge is 0.310 e. The van der Waals surface area contributed by atoms with Crippen LogP contribution in [0.3, 0.4) is 0 Å². The second-order valence-corrected chi connectivity index (χ2v) is 5.74. The highest BCUT2D eigenvalue weighted by Gasteiger charge is 2.26. The van der Waals surface area contributed by atoms with Crippen LogP contribution in [0.2, 0.25) is 10.0 Å². The lowest BCUT2D eigenvalue weighted by molar-refractivity contribution is -0.384. The van der Waals surface area contributed by atoms with Gasteiger partial charge in [-0.2, -0.15) is 0 Å². The molecule has 0 saturated carbocycles. The van der Waals surface area contributed by atoms with E-state index in [0.717, 1.165) is 0 Å². The SMILES string of the molecule is O=c1c(Cc2c(Cl)cccc2Cl)cc([N+](=O)[O-])c2n1CCN2. The van der Waals surface area contributed by atoms with E-state index in [1.54, 1.807) is 18.2 Å². The van der Waals surface area contributed by atoms with Crippen molar-refractivity contribution < 1.29 is 4.92 Å². The molecule has 3 rings (SSSR count). The van der Waals surface area contributed by atoms with Crippen LogP contribution in [0, 0.1) is 10.1 Å². The van der Waals surface area contributed by atoms with Crippen LogP contribution in [0.25, 0.3) is 0 Å². The van der Waals surface area contributed by atoms with Crippen molar-refractivity contribution in [2.75, 3.05) is 11.9 Å². The molecule has 1 aromatic heterocycles. The van der Waals surface area contributed by atoms with Gasteiger partial charge in [0.25, 0.3) is 5.56 Å². The third-order valence-corrected chi connectivity index (χ3v) is 4.31. The van der Waals surface area contributed by atoms with Gasteiger partial charge in [-0.3, -0.25) is 19.5 Å². The van der Waals surface area contributed by atoms with Gasteiger partial charge in [0.15, 0.2) is 5.82 Å². The van der Waals surface area contributed by atoms with Crippen LogP contribution in [0.15, 0.2) is 29.1 Å². The van der Waals surface area contributed by atoms with Crippen molar-refractivity contribution in [2.45, 2.75) is 13.0 Å². The maximum Gasteiger partial charge on any atom is 0.310 e. The fraction of sp³-hybridized carbons (Fsp3) is 0.214. The summed E-state index contributed by atoms with van der Waals surface area (Å²) >= 11 is 12.2. The Morgan fingerprint density at radius 3 is 2.64 bits per heavy atom. The number of halogens is 2. The number of nitrogens with zero attached hydrogens (tertiary/aromatic N) is 2. The molecule has 1 aromatic carbocycles. The van der Waals surface area contributed by atoms with E-state index in [1.165, 1.54) is 10.6 Å². The summed E-state index contributed by atoms with van der Waals surface area (Å²) in [6.07, 6.45) is 0.151. The Bertz CT molecular complexity index is 813. The summed E-state index contributed by atoms with van der Waals surface area (Å²) in [5.41, 5.74) is 0.509. The molecular weight excluding hydrogens is 329 g/mol. The Morgan fingerprint density at radius 2 is 2.00 bits per heavy atom. The van der Waals surface area contributed by atoms with Crippen molar-refractivity contribution in [1.82, 2.24) is 4.57 Å². The number of nitro groups is 1. The van der Waals surface area contributed by atoms with E-state index in [-0.39, 0.29) is 23.5 Å². The molecule has 0 amide bonds. The Balaban J connectivity index is 2.14. The quantitative estimate of drug-likeness (QED) is 0.688. The lowest BCUT2D eigenvalue weighted by Crippen LogP contribution is -2.23. The second-order valence-electron chi connectivity index (χ2n) is 4.92. The van der Waals surface area contributed by atoms with Crippen LogP contribution >= 0.6 is 23.2 Å². The first-order valence-corrected chi connectivity index (χ1v) is 7.32. The predicted octanol–water partition coefficient (Wildman–Crippen LogP) is 3.08. The highest BCUT2D eigenvalue weighted by Crippen LogP contribution is 2.30. The number of fused-ring (bicyclic) bond motifs is 1. The highest BCUT2D eigenvalue weighted by molar-refractivity contribution is 6.36. The van der Waals surface area contributed by atoms with E-state index in [9.17, 15) is 14.9 Å². The maximum absolute atomic E-state index is 12.5. The fourth-order valence-corrected chi connectivity index (χ4v) is 3.08. The molecule has 22 heavy (non-hydrogen) atoms. The van der Waals surface area contributed by atoms with E-state index >= 15 is 0 Å². The number of hydrogen-bond donors (Lipinski definition) is 1. The minimum absolute atomic E-state index is 0.115. The molecule has 0 aliphatic carbocycles. The van der Waals surface area contributed by atoms with Gasteiger partial charge in [-0.1, -0.05) is 29.3 Å². The van der Waals surface area contributed by atoms with Gasteiger partial charge in [0.05, 0.1) is 4.92 Å². The molecule has 6 nitrogen and oxygen atoms in total. The normalized spacial score (nSPS) is 12.8. The summed E-state index contributed by atoms with van der Waals surface area (Å²) in [6, 6.07) is 6.34. The van der Waals surface area contributed by atoms with Crippen molar-refractivity contribution in [3.63, 3.8) is 0 Å². The number of anilines is 1. The molecule has 0 atom stereocenters. The average molecular weight is 340 g/mol. The van der Waals surface area contributed by atoms with E-state index in [1.807, 2.05) is 0 Å². The number of rotatable bonds is 3. The van der Waals surface area contributed by atoms with Gasteiger partial charge in [-0.05, 0) is 17.7 Å². The topological polar surface area (TPSA) is 77.2 Å². The summed E-state index contributed by atoms with van der Waals surface area (Å²) in [4.78, 5) is 23.2. The number of hydrogen-bond acceptors (Lipinski definition) is 4. The first kappa shape index (κ1) is 14.9. The molecule has 2 heterocycles. The van der Waals surface area contributed by atoms with Gasteiger partial charge in [0, 0.05) is 41.2 Å². The fourth-order valence-electron chi connectivity index (χ4n) is 2.55. The first-order chi connectivity index (χ1) is 10.5. The summed E-state index contributed by atoms with van der Waals surface area (Å²) in [6.45, 7) is 0.894. The zero-order valence-corrected chi connectivity index (χ0v) is 12.8. The Kier molecular flexibility index (Phi) is 3.80. The number of nitrogens with one attached hydrogen (secondary N) is 1. The highest BCUT2D eigenvalue weighted by atomic mass is 35.5. The van der Waals surface area contributed by atoms with Crippen molar-refractivity contribution in [2.24, 2.45) is 0 Å². The minimum Gasteiger partial charge on any atom is -0.364 e. The maximum atomic E-state index is 12.5. The van der Waals surface area contributed by atoms with Gasteiger partial charge in [0.1, 0.15) is 0 Å². The van der Waals surface area contributed by atoms with E-state index < -0.39 is 4.92 Å². The van der Waals surface area contributed by atoms with Crippen molar-refractivity contribution in [3.05, 3.63) is 65.9 Å². The zero-order chi connectivity index (χ0) is 15.9. The van der Waals surface area contributed by atoms with Crippen LogP contribution in [-0.4, -0.2) is 16.0 Å². The Hall–Kier alpha value is -2.05. The largest absolute Gasteiger partial charge is 0.364 e. The van der Waals surface area contributed by atoms with Crippen LogP contribution in [-0.2, 0) is 13.0 Å². The summed E-state index contributed by atoms with van der Waals surface area (Å²) < 4.78 is 1.39. The average Bonchev–Trinajstić information content (AvgIpc) is 2.94. The first-order valence-electron chi connectivity index (χ1n) is 6.57. The monoisotopic (exact) mass is 339 g/mol. The van der Waals surface area contributed by atoms with Gasteiger partial charge < -0.3 is 5.32 Å². The number of benzene rings is 1. The predicted molar refractivity (Wildman–Crippen MR) is 85.1 cm³/mol. The molecule has 2 aromatic rings. The molecule has 0 radical (unpaired) electrons. The molecule has 0 fully saturated rings. The summed E-state index contributed by atoms with van der Waals surface area (Å²) in [7, 11) is 0. The Labute approximate surface area is 135 Å². The van der Waals surface area contributed by atoms with E-state index in [0.29, 0.717) is 34.3 Å². The van der Waals surface area contributed by atoms with E-state index in [4.69, 9.17) is 23.2 Å². The molecule has 114 valence electrons. The lowest BCUT2D eigenvalue weighted by atomic mass is 10.1.